The number of likely N-dealkylation sites (tertiary alicyclic amines) is 1. The van der Waals surface area contributed by atoms with Crippen LogP contribution in [0.3, 0.4) is 0 Å². The molecule has 3 aliphatic rings. The van der Waals surface area contributed by atoms with Gasteiger partial charge < -0.3 is 39.0 Å². The molecule has 2 amide bonds. The number of amides is 2. The molecule has 2 heterocycles. The van der Waals surface area contributed by atoms with E-state index in [-0.39, 0.29) is 28.9 Å². The summed E-state index contributed by atoms with van der Waals surface area (Å²) < 4.78 is 30.2. The Balaban J connectivity index is 1.66. The molecule has 11 heteroatoms. The topological polar surface area (TPSA) is 133 Å². The second-order valence-corrected chi connectivity index (χ2v) is 13.0. The highest BCUT2D eigenvalue weighted by molar-refractivity contribution is 5.86. The van der Waals surface area contributed by atoms with Crippen LogP contribution in [0.15, 0.2) is 66.7 Å². The second kappa shape index (κ2) is 13.3. The maximum atomic E-state index is 15.4. The van der Waals surface area contributed by atoms with Gasteiger partial charge in [0.25, 0.3) is 0 Å². The maximum absolute atomic E-state index is 15.4. The monoisotopic (exact) mass is 672 g/mol. The first kappa shape index (κ1) is 34.1. The molecule has 6 rings (SSSR count). The highest BCUT2D eigenvalue weighted by Crippen LogP contribution is 2.69. The van der Waals surface area contributed by atoms with Crippen LogP contribution in [0.5, 0.6) is 23.0 Å². The number of hydrogen-bond acceptors (Lipinski definition) is 9. The summed E-state index contributed by atoms with van der Waals surface area (Å²) >= 11 is 0. The molecular weight excluding hydrogens is 628 g/mol. The fourth-order valence-electron chi connectivity index (χ4n) is 7.93. The van der Waals surface area contributed by atoms with E-state index in [9.17, 15) is 14.7 Å². The molecule has 1 aliphatic carbocycles. The summed E-state index contributed by atoms with van der Waals surface area (Å²) in [5.41, 5.74) is -2.40. The van der Waals surface area contributed by atoms with E-state index in [1.165, 1.54) is 21.1 Å². The number of rotatable bonds is 10. The van der Waals surface area contributed by atoms with Crippen molar-refractivity contribution in [3.05, 3.63) is 83.4 Å². The van der Waals surface area contributed by atoms with Gasteiger partial charge in [-0.15, -0.1) is 0 Å². The molecule has 0 radical (unpaired) electrons. The lowest BCUT2D eigenvalue weighted by atomic mass is 9.75. The van der Waals surface area contributed by atoms with E-state index in [2.05, 4.69) is 5.32 Å². The minimum absolute atomic E-state index is 0.148. The predicted octanol–water partition coefficient (Wildman–Crippen LogP) is 4.64. The third-order valence-electron chi connectivity index (χ3n) is 10.4. The van der Waals surface area contributed by atoms with Crippen molar-refractivity contribution in [1.29, 1.82) is 0 Å². The Morgan fingerprint density at radius 2 is 1.69 bits per heavy atom. The van der Waals surface area contributed by atoms with E-state index in [0.29, 0.717) is 48.4 Å². The molecule has 2 bridgehead atoms. The van der Waals surface area contributed by atoms with Crippen LogP contribution in [0.25, 0.3) is 0 Å². The molecule has 1 saturated heterocycles. The average molecular weight is 673 g/mol. The lowest BCUT2D eigenvalue weighted by Crippen LogP contribution is -2.57. The molecule has 0 spiro atoms. The quantitative estimate of drug-likeness (QED) is 0.296. The van der Waals surface area contributed by atoms with E-state index in [4.69, 9.17) is 23.7 Å². The van der Waals surface area contributed by atoms with Crippen molar-refractivity contribution in [3.8, 4) is 23.0 Å². The van der Waals surface area contributed by atoms with Gasteiger partial charge in [-0.3, -0.25) is 14.4 Å². The Bertz CT molecular complexity index is 1710. The number of nitrogens with zero attached hydrogens (tertiary/aromatic N) is 1. The molecule has 2 fully saturated rings. The second-order valence-electron chi connectivity index (χ2n) is 13.0. The fraction of sp³-hybridized carbons (Fsp3) is 0.447. The summed E-state index contributed by atoms with van der Waals surface area (Å²) in [7, 11) is 4.52. The SMILES string of the molecule is CC[C@@H](C)C(=O)N[C@@H]1CCCN1C(=O)[C@@H]1[C@H](c2ccccc2)[C@]2(c3ccc(OC)cc3)Oc3cc(OC)cc(OC)c3[C@]1(O)[C@@H]2OC(C)=O. The van der Waals surface area contributed by atoms with Crippen LogP contribution in [0.2, 0.25) is 0 Å². The Morgan fingerprint density at radius 1 is 1.00 bits per heavy atom. The molecule has 3 aromatic rings. The zero-order valence-corrected chi connectivity index (χ0v) is 28.7. The van der Waals surface area contributed by atoms with Crippen molar-refractivity contribution in [1.82, 2.24) is 10.2 Å². The number of nitrogens with one attached hydrogen (secondary N) is 1. The number of hydrogen-bond donors (Lipinski definition) is 2. The van der Waals surface area contributed by atoms with Crippen LogP contribution in [0.1, 0.15) is 62.6 Å². The van der Waals surface area contributed by atoms with Crippen LogP contribution < -0.4 is 24.3 Å². The number of methoxy groups -OCH3 is 3. The van der Waals surface area contributed by atoms with Gasteiger partial charge in [0, 0.05) is 43.0 Å². The lowest BCUT2D eigenvalue weighted by molar-refractivity contribution is -0.196. The number of esters is 1. The summed E-state index contributed by atoms with van der Waals surface area (Å²) in [4.78, 5) is 43.2. The molecule has 7 atom stereocenters. The van der Waals surface area contributed by atoms with Gasteiger partial charge in [-0.05, 0) is 37.0 Å². The molecular formula is C38H44N2O9. The minimum atomic E-state index is -2.18. The van der Waals surface area contributed by atoms with Crippen molar-refractivity contribution in [3.63, 3.8) is 0 Å². The summed E-state index contributed by atoms with van der Waals surface area (Å²) in [5, 5.41) is 16.6. The Kier molecular flexibility index (Phi) is 9.23. The van der Waals surface area contributed by atoms with Gasteiger partial charge in [0.05, 0.1) is 32.8 Å². The van der Waals surface area contributed by atoms with Crippen LogP contribution >= 0.6 is 0 Å². The first-order valence-corrected chi connectivity index (χ1v) is 16.7. The highest BCUT2D eigenvalue weighted by Gasteiger charge is 2.78. The van der Waals surface area contributed by atoms with Gasteiger partial charge in [-0.1, -0.05) is 56.3 Å². The van der Waals surface area contributed by atoms with Crippen molar-refractivity contribution >= 4 is 17.8 Å². The van der Waals surface area contributed by atoms with E-state index in [1.54, 1.807) is 48.4 Å². The van der Waals surface area contributed by atoms with Gasteiger partial charge in [-0.2, -0.15) is 0 Å². The van der Waals surface area contributed by atoms with E-state index in [0.717, 1.165) is 0 Å². The number of fused-ring (bicyclic) bond motifs is 4. The lowest BCUT2D eigenvalue weighted by Gasteiger charge is -2.46. The van der Waals surface area contributed by atoms with Crippen molar-refractivity contribution in [2.24, 2.45) is 11.8 Å². The van der Waals surface area contributed by atoms with Crippen LogP contribution in [-0.4, -0.2) is 67.9 Å². The van der Waals surface area contributed by atoms with Gasteiger partial charge in [0.1, 0.15) is 29.2 Å². The highest BCUT2D eigenvalue weighted by atomic mass is 16.6. The first-order valence-electron chi connectivity index (χ1n) is 16.7. The average Bonchev–Trinajstić information content (AvgIpc) is 3.63. The summed E-state index contributed by atoms with van der Waals surface area (Å²) in [6.45, 7) is 5.41. The van der Waals surface area contributed by atoms with Crippen LogP contribution in [-0.2, 0) is 30.3 Å². The fourth-order valence-corrected chi connectivity index (χ4v) is 7.93. The van der Waals surface area contributed by atoms with E-state index in [1.807, 2.05) is 44.2 Å². The molecule has 3 aromatic carbocycles. The molecule has 1 saturated carbocycles. The normalized spacial score (nSPS) is 27.4. The first-order chi connectivity index (χ1) is 23.5. The smallest absolute Gasteiger partial charge is 0.303 e. The van der Waals surface area contributed by atoms with Crippen molar-refractivity contribution in [2.75, 3.05) is 27.9 Å². The van der Waals surface area contributed by atoms with Gasteiger partial charge in [-0.25, -0.2) is 0 Å². The summed E-state index contributed by atoms with van der Waals surface area (Å²) in [6.07, 6.45) is -0.147. The molecule has 49 heavy (non-hydrogen) atoms. The minimum Gasteiger partial charge on any atom is -0.497 e. The predicted molar refractivity (Wildman–Crippen MR) is 179 cm³/mol. The Hall–Kier alpha value is -4.77. The number of benzene rings is 3. The number of ether oxygens (including phenoxy) is 5. The number of carbonyl (C=O) groups is 3. The zero-order chi connectivity index (χ0) is 35.1. The van der Waals surface area contributed by atoms with Crippen LogP contribution in [0, 0.1) is 11.8 Å². The largest absolute Gasteiger partial charge is 0.497 e. The molecule has 2 aliphatic heterocycles. The van der Waals surface area contributed by atoms with E-state index >= 15 is 4.79 Å². The van der Waals surface area contributed by atoms with Gasteiger partial charge in [0.15, 0.2) is 17.3 Å². The van der Waals surface area contributed by atoms with E-state index < -0.39 is 47.2 Å². The van der Waals surface area contributed by atoms with Crippen molar-refractivity contribution in [2.45, 2.75) is 69.4 Å². The van der Waals surface area contributed by atoms with Gasteiger partial charge in [0.2, 0.25) is 11.8 Å². The maximum Gasteiger partial charge on any atom is 0.303 e. The van der Waals surface area contributed by atoms with Gasteiger partial charge >= 0.3 is 5.97 Å². The molecule has 260 valence electrons. The van der Waals surface area contributed by atoms with Crippen LogP contribution in [0.4, 0.5) is 0 Å². The third-order valence-corrected chi connectivity index (χ3v) is 10.4. The Morgan fingerprint density at radius 3 is 2.31 bits per heavy atom. The summed E-state index contributed by atoms with van der Waals surface area (Å²) in [6, 6.07) is 19.7. The molecule has 2 N–H and O–H groups in total. The van der Waals surface area contributed by atoms with Crippen molar-refractivity contribution < 1.29 is 43.2 Å². The number of carbonyl (C=O) groups excluding carboxylic acids is 3. The third kappa shape index (κ3) is 5.44. The standard InChI is InChI=1S/C38H44N2O9/c1-7-22(2)34(42)39-30-14-11-19-40(30)35(43)33-31(24-12-9-8-10-13-24)38(25-15-17-26(45-4)18-16-25)36(48-23(3)41)37(33,44)32-28(47-6)20-27(46-5)21-29(32)49-38/h8-10,12-13,15-18,20-22,30-31,33,36,44H,7,11,14,19H2,1-6H3,(H,39,42)/t22-,30+,31+,33+,36+,37-,38+/m1/s1. The number of aliphatic hydroxyl groups is 1. The summed E-state index contributed by atoms with van der Waals surface area (Å²) in [5.74, 6) is -2.24. The Labute approximate surface area is 286 Å². The molecule has 11 nitrogen and oxygen atoms in total. The molecule has 0 aromatic heterocycles. The molecule has 0 unspecified atom stereocenters. The zero-order valence-electron chi connectivity index (χ0n) is 28.7.